The summed E-state index contributed by atoms with van der Waals surface area (Å²) in [5.41, 5.74) is 6.01. The molecule has 0 unspecified atom stereocenters. The van der Waals surface area contributed by atoms with E-state index in [1.54, 1.807) is 7.11 Å². The van der Waals surface area contributed by atoms with Crippen LogP contribution in [0.4, 0.5) is 5.69 Å². The van der Waals surface area contributed by atoms with Crippen LogP contribution in [0.2, 0.25) is 36.3 Å². The lowest BCUT2D eigenvalue weighted by Gasteiger charge is -2.45. The molecular formula is C32H55NO5Si2. The molecule has 1 N–H and O–H groups in total. The predicted molar refractivity (Wildman–Crippen MR) is 171 cm³/mol. The summed E-state index contributed by atoms with van der Waals surface area (Å²) < 4.78 is 26.0. The van der Waals surface area contributed by atoms with Crippen LogP contribution in [0.5, 0.6) is 5.75 Å². The lowest BCUT2D eigenvalue weighted by Crippen LogP contribution is -2.45. The summed E-state index contributed by atoms with van der Waals surface area (Å²) in [7, 11) is -1.40. The molecule has 0 saturated heterocycles. The lowest BCUT2D eigenvalue weighted by atomic mass is 9.81. The highest BCUT2D eigenvalue weighted by atomic mass is 28.4. The van der Waals surface area contributed by atoms with Crippen LogP contribution in [-0.4, -0.2) is 42.4 Å². The lowest BCUT2D eigenvalue weighted by molar-refractivity contribution is -0.137. The van der Waals surface area contributed by atoms with Crippen LogP contribution in [0.15, 0.2) is 11.6 Å². The van der Waals surface area contributed by atoms with E-state index in [1.807, 2.05) is 6.08 Å². The number of hydrogen-bond acceptors (Lipinski definition) is 6. The van der Waals surface area contributed by atoms with Gasteiger partial charge in [0.15, 0.2) is 16.6 Å². The van der Waals surface area contributed by atoms with Gasteiger partial charge in [-0.2, -0.15) is 0 Å². The highest BCUT2D eigenvalue weighted by Crippen LogP contribution is 2.56. The topological polar surface area (TPSA) is 66.0 Å². The van der Waals surface area contributed by atoms with Gasteiger partial charge in [-0.05, 0) is 99.1 Å². The quantitative estimate of drug-likeness (QED) is 0.254. The Morgan fingerprint density at radius 2 is 1.35 bits per heavy atom. The molecule has 0 fully saturated rings. The molecule has 0 aliphatic heterocycles. The van der Waals surface area contributed by atoms with Gasteiger partial charge in [-0.25, -0.2) is 4.79 Å². The van der Waals surface area contributed by atoms with E-state index in [9.17, 15) is 4.79 Å². The molecule has 0 amide bonds. The molecule has 226 valence electrons. The van der Waals surface area contributed by atoms with Gasteiger partial charge in [-0.15, -0.1) is 0 Å². The molecule has 3 rings (SSSR count). The molecule has 2 aliphatic carbocycles. The van der Waals surface area contributed by atoms with Crippen LogP contribution >= 0.6 is 0 Å². The Balaban J connectivity index is 2.45. The van der Waals surface area contributed by atoms with Crippen molar-refractivity contribution in [2.24, 2.45) is 0 Å². The standard InChI is InChI=1S/C32H55NO5Si2/c1-30(2,3)33-26-21-18-16-17-20(21)24-23(37-39(12,13)31(4,5)6)19-22(29(34)36-11)27(25(24)28(26)35-10)38-40(14,15)32(7,8)9/h19,23,27,33H,16-18H2,1-15H3/t23-,27+/m1/s1. The highest BCUT2D eigenvalue weighted by Gasteiger charge is 2.48. The number of esters is 1. The molecule has 6 nitrogen and oxygen atoms in total. The maximum Gasteiger partial charge on any atom is 0.336 e. The van der Waals surface area contributed by atoms with Gasteiger partial charge < -0.3 is 23.6 Å². The average molecular weight is 590 g/mol. The fourth-order valence-corrected chi connectivity index (χ4v) is 7.50. The molecule has 0 spiro atoms. The molecule has 0 saturated carbocycles. The molecule has 0 aromatic heterocycles. The summed E-state index contributed by atoms with van der Waals surface area (Å²) in [5, 5.41) is 3.72. The van der Waals surface area contributed by atoms with E-state index >= 15 is 0 Å². The summed E-state index contributed by atoms with van der Waals surface area (Å²) in [6.07, 6.45) is 4.03. The van der Waals surface area contributed by atoms with Crippen molar-refractivity contribution in [1.82, 2.24) is 0 Å². The van der Waals surface area contributed by atoms with Gasteiger partial charge in [0.25, 0.3) is 0 Å². The number of methoxy groups -OCH3 is 2. The first-order valence-electron chi connectivity index (χ1n) is 14.8. The summed E-state index contributed by atoms with van der Waals surface area (Å²) in [5.74, 6) is 0.374. The Bertz CT molecular complexity index is 1170. The second-order valence-electron chi connectivity index (χ2n) is 15.6. The number of benzene rings is 1. The molecule has 2 atom stereocenters. The molecule has 1 aromatic rings. The minimum absolute atomic E-state index is 0.00189. The zero-order valence-electron chi connectivity index (χ0n) is 27.9. The van der Waals surface area contributed by atoms with Crippen molar-refractivity contribution in [3.8, 4) is 5.75 Å². The summed E-state index contributed by atoms with van der Waals surface area (Å²) >= 11 is 0. The van der Waals surface area contributed by atoms with Crippen molar-refractivity contribution >= 4 is 28.3 Å². The van der Waals surface area contributed by atoms with E-state index in [4.69, 9.17) is 18.3 Å². The Hall–Kier alpha value is -1.62. The molecule has 0 bridgehead atoms. The van der Waals surface area contributed by atoms with Crippen LogP contribution in [-0.2, 0) is 31.2 Å². The summed E-state index contributed by atoms with van der Waals surface area (Å²) in [6, 6.07) is 0. The van der Waals surface area contributed by atoms with Gasteiger partial charge in [-0.3, -0.25) is 0 Å². The van der Waals surface area contributed by atoms with E-state index in [2.05, 4.69) is 93.8 Å². The smallest absolute Gasteiger partial charge is 0.336 e. The molecule has 1 aromatic carbocycles. The zero-order chi connectivity index (χ0) is 30.6. The van der Waals surface area contributed by atoms with Crippen molar-refractivity contribution in [2.45, 2.75) is 136 Å². The maximum absolute atomic E-state index is 13.5. The minimum Gasteiger partial charge on any atom is -0.494 e. The molecule has 2 aliphatic rings. The number of fused-ring (bicyclic) bond motifs is 3. The largest absolute Gasteiger partial charge is 0.494 e. The summed E-state index contributed by atoms with van der Waals surface area (Å²) in [6.45, 7) is 28.9. The molecule has 0 radical (unpaired) electrons. The number of rotatable bonds is 7. The van der Waals surface area contributed by atoms with Crippen LogP contribution in [0.25, 0.3) is 0 Å². The van der Waals surface area contributed by atoms with Gasteiger partial charge >= 0.3 is 5.97 Å². The van der Waals surface area contributed by atoms with Gasteiger partial charge in [0.05, 0.1) is 31.6 Å². The Morgan fingerprint density at radius 1 is 0.825 bits per heavy atom. The normalized spacial score (nSPS) is 20.0. The molecule has 8 heteroatoms. The van der Waals surface area contributed by atoms with Crippen LogP contribution < -0.4 is 10.1 Å². The van der Waals surface area contributed by atoms with Crippen molar-refractivity contribution in [3.05, 3.63) is 33.9 Å². The van der Waals surface area contributed by atoms with Crippen LogP contribution in [0, 0.1) is 0 Å². The number of hydrogen-bond donors (Lipinski definition) is 1. The SMILES string of the molecule is COC(=O)C1=C[C@@H](O[Si](C)(C)C(C)(C)C)c2c3c(c(NC(C)(C)C)c(OC)c2[C@H]1O[Si](C)(C)C(C)(C)C)CCC3. The zero-order valence-corrected chi connectivity index (χ0v) is 29.9. The van der Waals surface area contributed by atoms with Crippen molar-refractivity contribution in [3.63, 3.8) is 0 Å². The molecular weight excluding hydrogens is 535 g/mol. The Kier molecular flexibility index (Phi) is 8.96. The first kappa shape index (κ1) is 32.9. The van der Waals surface area contributed by atoms with Gasteiger partial charge in [0.1, 0.15) is 11.9 Å². The predicted octanol–water partition coefficient (Wildman–Crippen LogP) is 8.63. The van der Waals surface area contributed by atoms with E-state index in [0.717, 1.165) is 41.8 Å². The molecule has 0 heterocycles. The first-order valence-corrected chi connectivity index (χ1v) is 20.6. The number of ether oxygens (including phenoxy) is 2. The number of anilines is 1. The summed E-state index contributed by atoms with van der Waals surface area (Å²) in [4.78, 5) is 13.5. The van der Waals surface area contributed by atoms with Crippen molar-refractivity contribution in [1.29, 1.82) is 0 Å². The van der Waals surface area contributed by atoms with Crippen LogP contribution in [0.1, 0.15) is 103 Å². The number of carbonyl (C=O) groups is 1. The Morgan fingerprint density at radius 3 is 1.82 bits per heavy atom. The fourth-order valence-electron chi connectivity index (χ4n) is 5.14. The fraction of sp³-hybridized carbons (Fsp3) is 0.719. The van der Waals surface area contributed by atoms with E-state index < -0.39 is 22.7 Å². The number of nitrogens with one attached hydrogen (secondary N) is 1. The minimum atomic E-state index is -2.34. The second kappa shape index (κ2) is 10.9. The van der Waals surface area contributed by atoms with Gasteiger partial charge in [-0.1, -0.05) is 41.5 Å². The average Bonchev–Trinajstić information content (AvgIpc) is 3.27. The third kappa shape index (κ3) is 6.25. The third-order valence-electron chi connectivity index (χ3n) is 9.34. The van der Waals surface area contributed by atoms with Gasteiger partial charge in [0, 0.05) is 11.1 Å². The maximum atomic E-state index is 13.5. The van der Waals surface area contributed by atoms with E-state index in [0.29, 0.717) is 5.57 Å². The van der Waals surface area contributed by atoms with Crippen molar-refractivity contribution in [2.75, 3.05) is 19.5 Å². The molecule has 40 heavy (non-hydrogen) atoms. The second-order valence-corrected chi connectivity index (χ2v) is 25.1. The highest BCUT2D eigenvalue weighted by molar-refractivity contribution is 6.74. The van der Waals surface area contributed by atoms with Gasteiger partial charge in [0.2, 0.25) is 0 Å². The van der Waals surface area contributed by atoms with E-state index in [1.165, 1.54) is 18.2 Å². The van der Waals surface area contributed by atoms with E-state index in [-0.39, 0.29) is 27.7 Å². The number of carbonyl (C=O) groups excluding carboxylic acids is 1. The Labute approximate surface area is 245 Å². The first-order chi connectivity index (χ1) is 18.1. The van der Waals surface area contributed by atoms with Crippen molar-refractivity contribution < 1.29 is 23.1 Å². The van der Waals surface area contributed by atoms with Crippen LogP contribution in [0.3, 0.4) is 0 Å². The third-order valence-corrected chi connectivity index (χ3v) is 18.2. The monoisotopic (exact) mass is 589 g/mol.